The van der Waals surface area contributed by atoms with E-state index < -0.39 is 33.7 Å². The highest BCUT2D eigenvalue weighted by molar-refractivity contribution is 7.89. The topological polar surface area (TPSA) is 66.5 Å². The zero-order valence-corrected chi connectivity index (χ0v) is 17.8. The summed E-state index contributed by atoms with van der Waals surface area (Å²) in [7, 11) is -3.98. The van der Waals surface area contributed by atoms with Crippen molar-refractivity contribution in [3.8, 4) is 12.3 Å². The standard InChI is InChI=1S/C21H27F3N2O3S/c1-3-5-6-7-8-9-13-26-18(15-20(27)25-12-4-2)17-14-16(21(22,23)24)10-11-19(17)30(26,28)29/h2,10-11,14,18H,3,5-9,12-13,15H2,1H3,(H,25,27)/t18-/m0/s1. The van der Waals surface area contributed by atoms with Gasteiger partial charge in [-0.15, -0.1) is 6.42 Å². The van der Waals surface area contributed by atoms with Gasteiger partial charge in [-0.05, 0) is 30.2 Å². The minimum Gasteiger partial charge on any atom is -0.345 e. The summed E-state index contributed by atoms with van der Waals surface area (Å²) in [6, 6.07) is 1.61. The Labute approximate surface area is 176 Å². The number of rotatable bonds is 10. The Morgan fingerprint density at radius 2 is 1.87 bits per heavy atom. The van der Waals surface area contributed by atoms with Crippen LogP contribution in [0.4, 0.5) is 13.2 Å². The zero-order chi connectivity index (χ0) is 22.4. The largest absolute Gasteiger partial charge is 0.416 e. The van der Waals surface area contributed by atoms with Gasteiger partial charge < -0.3 is 5.32 Å². The zero-order valence-electron chi connectivity index (χ0n) is 17.0. The van der Waals surface area contributed by atoms with Crippen LogP contribution in [0.1, 0.15) is 69.0 Å². The van der Waals surface area contributed by atoms with Crippen LogP contribution in [-0.4, -0.2) is 31.7 Å². The van der Waals surface area contributed by atoms with E-state index in [1.54, 1.807) is 0 Å². The van der Waals surface area contributed by atoms with Crippen LogP contribution in [0.2, 0.25) is 0 Å². The van der Waals surface area contributed by atoms with Crippen LogP contribution < -0.4 is 5.32 Å². The number of hydrogen-bond acceptors (Lipinski definition) is 3. The highest BCUT2D eigenvalue weighted by Crippen LogP contribution is 2.44. The van der Waals surface area contributed by atoms with Gasteiger partial charge in [0.05, 0.1) is 23.0 Å². The van der Waals surface area contributed by atoms with E-state index in [4.69, 9.17) is 6.42 Å². The Kier molecular flexibility index (Phi) is 8.33. The lowest BCUT2D eigenvalue weighted by atomic mass is 10.00. The highest BCUT2D eigenvalue weighted by Gasteiger charge is 2.44. The lowest BCUT2D eigenvalue weighted by Crippen LogP contribution is -2.33. The normalized spacial score (nSPS) is 18.0. The molecule has 1 amide bonds. The van der Waals surface area contributed by atoms with Crippen LogP contribution in [0.3, 0.4) is 0 Å². The third-order valence-electron chi connectivity index (χ3n) is 5.13. The number of sulfonamides is 1. The number of unbranched alkanes of at least 4 members (excludes halogenated alkanes) is 5. The molecule has 1 heterocycles. The molecule has 1 aromatic carbocycles. The number of carbonyl (C=O) groups excluding carboxylic acids is 1. The minimum absolute atomic E-state index is 0.00617. The molecule has 9 heteroatoms. The molecular formula is C21H27F3N2O3S. The van der Waals surface area contributed by atoms with Gasteiger partial charge in [0.15, 0.2) is 0 Å². The van der Waals surface area contributed by atoms with Gasteiger partial charge in [-0.3, -0.25) is 4.79 Å². The molecule has 0 aliphatic carbocycles. The van der Waals surface area contributed by atoms with Crippen molar-refractivity contribution in [1.29, 1.82) is 0 Å². The van der Waals surface area contributed by atoms with Crippen molar-refractivity contribution in [1.82, 2.24) is 9.62 Å². The predicted octanol–water partition coefficient (Wildman–Crippen LogP) is 4.25. The van der Waals surface area contributed by atoms with Crippen molar-refractivity contribution < 1.29 is 26.4 Å². The van der Waals surface area contributed by atoms with Gasteiger partial charge in [0, 0.05) is 13.0 Å². The number of nitrogens with one attached hydrogen (secondary N) is 1. The summed E-state index contributed by atoms with van der Waals surface area (Å²) in [5, 5.41) is 2.45. The van der Waals surface area contributed by atoms with Gasteiger partial charge in [-0.25, -0.2) is 8.42 Å². The van der Waals surface area contributed by atoms with Crippen molar-refractivity contribution >= 4 is 15.9 Å². The number of alkyl halides is 3. The molecule has 0 fully saturated rings. The molecule has 0 bridgehead atoms. The molecule has 1 aliphatic rings. The molecule has 1 aromatic rings. The SMILES string of the molecule is C#CCNC(=O)C[C@H]1c2cc(C(F)(F)F)ccc2S(=O)(=O)N1CCCCCCCC. The maximum atomic E-state index is 13.2. The van der Waals surface area contributed by atoms with E-state index in [1.807, 2.05) is 0 Å². The van der Waals surface area contributed by atoms with E-state index in [9.17, 15) is 26.4 Å². The molecule has 1 N–H and O–H groups in total. The maximum absolute atomic E-state index is 13.2. The number of benzene rings is 1. The molecule has 30 heavy (non-hydrogen) atoms. The molecule has 1 atom stereocenters. The van der Waals surface area contributed by atoms with Crippen LogP contribution in [-0.2, 0) is 21.0 Å². The van der Waals surface area contributed by atoms with Crippen molar-refractivity contribution in [3.63, 3.8) is 0 Å². The third-order valence-corrected chi connectivity index (χ3v) is 7.11. The van der Waals surface area contributed by atoms with Gasteiger partial charge >= 0.3 is 6.18 Å². The van der Waals surface area contributed by atoms with Gasteiger partial charge in [0.2, 0.25) is 15.9 Å². The summed E-state index contributed by atoms with van der Waals surface area (Å²) in [6.45, 7) is 2.21. The molecule has 0 radical (unpaired) electrons. The van der Waals surface area contributed by atoms with Crippen molar-refractivity contribution in [2.75, 3.05) is 13.1 Å². The van der Waals surface area contributed by atoms with E-state index in [0.29, 0.717) is 6.42 Å². The first-order chi connectivity index (χ1) is 14.1. The average Bonchev–Trinajstić information content (AvgIpc) is 2.89. The minimum atomic E-state index is -4.61. The first kappa shape index (κ1) is 24.2. The van der Waals surface area contributed by atoms with Crippen LogP contribution in [0.5, 0.6) is 0 Å². The quantitative estimate of drug-likeness (QED) is 0.433. The molecule has 5 nitrogen and oxygen atoms in total. The van der Waals surface area contributed by atoms with Crippen LogP contribution in [0, 0.1) is 12.3 Å². The van der Waals surface area contributed by atoms with Crippen molar-refractivity contribution in [2.24, 2.45) is 0 Å². The fourth-order valence-electron chi connectivity index (χ4n) is 3.60. The molecule has 1 aliphatic heterocycles. The summed E-state index contributed by atoms with van der Waals surface area (Å²) >= 11 is 0. The van der Waals surface area contributed by atoms with E-state index in [-0.39, 0.29) is 30.0 Å². The molecular weight excluding hydrogens is 417 g/mol. The number of amides is 1. The smallest absolute Gasteiger partial charge is 0.345 e. The molecule has 0 spiro atoms. The van der Waals surface area contributed by atoms with Gasteiger partial charge in [0.25, 0.3) is 0 Å². The van der Waals surface area contributed by atoms with Gasteiger partial charge in [-0.1, -0.05) is 44.9 Å². The number of carbonyl (C=O) groups is 1. The second-order valence-electron chi connectivity index (χ2n) is 7.33. The Morgan fingerprint density at radius 3 is 2.50 bits per heavy atom. The lowest BCUT2D eigenvalue weighted by Gasteiger charge is -2.23. The third kappa shape index (κ3) is 5.76. The van der Waals surface area contributed by atoms with Gasteiger partial charge in [0.1, 0.15) is 0 Å². The van der Waals surface area contributed by atoms with Crippen LogP contribution in [0.15, 0.2) is 23.1 Å². The number of terminal acetylenes is 1. The molecule has 0 aromatic heterocycles. The van der Waals surface area contributed by atoms with Gasteiger partial charge in [-0.2, -0.15) is 17.5 Å². The van der Waals surface area contributed by atoms with E-state index >= 15 is 0 Å². The summed E-state index contributed by atoms with van der Waals surface area (Å²) in [5.41, 5.74) is -0.932. The maximum Gasteiger partial charge on any atom is 0.416 e. The number of fused-ring (bicyclic) bond motifs is 1. The van der Waals surface area contributed by atoms with Crippen LogP contribution >= 0.6 is 0 Å². The first-order valence-corrected chi connectivity index (χ1v) is 11.5. The highest BCUT2D eigenvalue weighted by atomic mass is 32.2. The summed E-state index contributed by atoms with van der Waals surface area (Å²) in [6.07, 6.45) is 5.81. The second kappa shape index (κ2) is 10.3. The monoisotopic (exact) mass is 444 g/mol. The number of halogens is 3. The van der Waals surface area contributed by atoms with Crippen molar-refractivity contribution in [3.05, 3.63) is 29.3 Å². The Balaban J connectivity index is 2.28. The Morgan fingerprint density at radius 1 is 1.20 bits per heavy atom. The van der Waals surface area contributed by atoms with Crippen LogP contribution in [0.25, 0.3) is 0 Å². The fourth-order valence-corrected chi connectivity index (χ4v) is 5.48. The van der Waals surface area contributed by atoms with E-state index in [1.165, 1.54) is 0 Å². The van der Waals surface area contributed by atoms with E-state index in [0.717, 1.165) is 54.6 Å². The Bertz CT molecular complexity index is 892. The number of hydrogen-bond donors (Lipinski definition) is 1. The molecule has 0 saturated carbocycles. The first-order valence-electron chi connectivity index (χ1n) is 10.1. The lowest BCUT2D eigenvalue weighted by molar-refractivity contribution is -0.137. The molecule has 0 unspecified atom stereocenters. The summed E-state index contributed by atoms with van der Waals surface area (Å²) in [5.74, 6) is 1.74. The number of nitrogens with zero attached hydrogens (tertiary/aromatic N) is 1. The fraction of sp³-hybridized carbons (Fsp3) is 0.571. The second-order valence-corrected chi connectivity index (χ2v) is 9.19. The Hall–Kier alpha value is -2.05. The van der Waals surface area contributed by atoms with Crippen molar-refractivity contribution in [2.45, 2.75) is 69.0 Å². The summed E-state index contributed by atoms with van der Waals surface area (Å²) < 4.78 is 66.7. The average molecular weight is 445 g/mol. The summed E-state index contributed by atoms with van der Waals surface area (Å²) in [4.78, 5) is 12.0. The molecule has 2 rings (SSSR count). The molecule has 166 valence electrons. The predicted molar refractivity (Wildman–Crippen MR) is 108 cm³/mol. The van der Waals surface area contributed by atoms with E-state index in [2.05, 4.69) is 18.2 Å². The molecule has 0 saturated heterocycles.